The number of halogens is 1. The Morgan fingerprint density at radius 1 is 1.45 bits per heavy atom. The van der Waals surface area contributed by atoms with Crippen molar-refractivity contribution in [1.82, 2.24) is 10.6 Å². The lowest BCUT2D eigenvalue weighted by Crippen LogP contribution is -2.40. The molecule has 0 heterocycles. The standard InChI is InChI=1S/C15H21FN2O2/c1-11(19)5-8-17-14(20)18-10-15(6-7-15)12-3-2-4-13(16)9-12/h2-4,9,11,19H,5-8,10H2,1H3,(H2,17,18,20). The van der Waals surface area contributed by atoms with Crippen LogP contribution in [0, 0.1) is 5.82 Å². The van der Waals surface area contributed by atoms with E-state index >= 15 is 0 Å². The fourth-order valence-corrected chi connectivity index (χ4v) is 2.24. The highest BCUT2D eigenvalue weighted by molar-refractivity contribution is 5.74. The highest BCUT2D eigenvalue weighted by Gasteiger charge is 2.44. The van der Waals surface area contributed by atoms with Gasteiger partial charge in [0.25, 0.3) is 0 Å². The summed E-state index contributed by atoms with van der Waals surface area (Å²) in [5.74, 6) is -0.241. The third-order valence-electron chi connectivity index (χ3n) is 3.73. The maximum Gasteiger partial charge on any atom is 0.314 e. The Morgan fingerprint density at radius 2 is 2.20 bits per heavy atom. The molecule has 4 nitrogen and oxygen atoms in total. The molecule has 2 amide bonds. The molecule has 2 rings (SSSR count). The lowest BCUT2D eigenvalue weighted by atomic mass is 9.96. The topological polar surface area (TPSA) is 61.4 Å². The quantitative estimate of drug-likeness (QED) is 0.745. The molecule has 20 heavy (non-hydrogen) atoms. The van der Waals surface area contributed by atoms with E-state index in [1.54, 1.807) is 19.1 Å². The summed E-state index contributed by atoms with van der Waals surface area (Å²) >= 11 is 0. The molecule has 5 heteroatoms. The first-order chi connectivity index (χ1) is 9.52. The largest absolute Gasteiger partial charge is 0.393 e. The molecule has 1 unspecified atom stereocenters. The number of nitrogens with one attached hydrogen (secondary N) is 2. The Morgan fingerprint density at radius 3 is 2.80 bits per heavy atom. The van der Waals surface area contributed by atoms with Crippen molar-refractivity contribution in [2.75, 3.05) is 13.1 Å². The number of carbonyl (C=O) groups is 1. The van der Waals surface area contributed by atoms with E-state index in [2.05, 4.69) is 10.6 Å². The summed E-state index contributed by atoms with van der Waals surface area (Å²) in [6.07, 6.45) is 2.04. The molecule has 1 aliphatic carbocycles. The minimum atomic E-state index is -0.419. The van der Waals surface area contributed by atoms with Crippen LogP contribution in [-0.2, 0) is 5.41 Å². The van der Waals surface area contributed by atoms with Gasteiger partial charge in [0.1, 0.15) is 5.82 Å². The summed E-state index contributed by atoms with van der Waals surface area (Å²) in [6, 6.07) is 6.33. The lowest BCUT2D eigenvalue weighted by molar-refractivity contribution is 0.183. The van der Waals surface area contributed by atoms with E-state index < -0.39 is 6.10 Å². The Labute approximate surface area is 118 Å². The van der Waals surface area contributed by atoms with E-state index in [4.69, 9.17) is 5.11 Å². The fourth-order valence-electron chi connectivity index (χ4n) is 2.24. The van der Waals surface area contributed by atoms with Crippen LogP contribution < -0.4 is 10.6 Å². The molecular formula is C15H21FN2O2. The smallest absolute Gasteiger partial charge is 0.314 e. The van der Waals surface area contributed by atoms with E-state index in [1.807, 2.05) is 6.07 Å². The van der Waals surface area contributed by atoms with Gasteiger partial charge in [-0.15, -0.1) is 0 Å². The zero-order chi connectivity index (χ0) is 14.6. The van der Waals surface area contributed by atoms with E-state index in [-0.39, 0.29) is 17.3 Å². The number of aliphatic hydroxyl groups is 1. The van der Waals surface area contributed by atoms with Crippen molar-refractivity contribution in [3.8, 4) is 0 Å². The van der Waals surface area contributed by atoms with Gasteiger partial charge in [0.2, 0.25) is 0 Å². The number of carbonyl (C=O) groups excluding carboxylic acids is 1. The van der Waals surface area contributed by atoms with Crippen LogP contribution in [0.15, 0.2) is 24.3 Å². The molecule has 0 saturated heterocycles. The fraction of sp³-hybridized carbons (Fsp3) is 0.533. The molecular weight excluding hydrogens is 259 g/mol. The van der Waals surface area contributed by atoms with Crippen molar-refractivity contribution in [3.63, 3.8) is 0 Å². The molecule has 1 aromatic carbocycles. The molecule has 1 aromatic rings. The summed E-state index contributed by atoms with van der Waals surface area (Å²) < 4.78 is 13.2. The zero-order valence-corrected chi connectivity index (χ0v) is 11.7. The van der Waals surface area contributed by atoms with Crippen LogP contribution in [0.25, 0.3) is 0 Å². The van der Waals surface area contributed by atoms with Crippen LogP contribution in [0.4, 0.5) is 9.18 Å². The van der Waals surface area contributed by atoms with Gasteiger partial charge in [-0.25, -0.2) is 9.18 Å². The predicted octanol–water partition coefficient (Wildman–Crippen LogP) is 1.93. The number of hydrogen-bond acceptors (Lipinski definition) is 2. The Balaban J connectivity index is 1.80. The highest BCUT2D eigenvalue weighted by Crippen LogP contribution is 2.47. The summed E-state index contributed by atoms with van der Waals surface area (Å²) in [4.78, 5) is 11.6. The molecule has 1 saturated carbocycles. The minimum Gasteiger partial charge on any atom is -0.393 e. The maximum atomic E-state index is 13.2. The molecule has 0 aliphatic heterocycles. The Bertz CT molecular complexity index is 473. The van der Waals surface area contributed by atoms with Crippen LogP contribution >= 0.6 is 0 Å². The molecule has 0 bridgehead atoms. The first-order valence-electron chi connectivity index (χ1n) is 6.98. The summed E-state index contributed by atoms with van der Waals surface area (Å²) in [5.41, 5.74) is 0.839. The second kappa shape index (κ2) is 6.22. The number of amides is 2. The average Bonchev–Trinajstić information content (AvgIpc) is 3.17. The second-order valence-electron chi connectivity index (χ2n) is 5.54. The molecule has 3 N–H and O–H groups in total. The zero-order valence-electron chi connectivity index (χ0n) is 11.7. The average molecular weight is 280 g/mol. The second-order valence-corrected chi connectivity index (χ2v) is 5.54. The summed E-state index contributed by atoms with van der Waals surface area (Å²) in [5, 5.41) is 14.6. The van der Waals surface area contributed by atoms with Crippen LogP contribution in [-0.4, -0.2) is 30.3 Å². The first-order valence-corrected chi connectivity index (χ1v) is 6.98. The van der Waals surface area contributed by atoms with Gasteiger partial charge in [0.05, 0.1) is 6.10 Å². The lowest BCUT2D eigenvalue weighted by Gasteiger charge is -2.17. The molecule has 0 spiro atoms. The van der Waals surface area contributed by atoms with Crippen molar-refractivity contribution in [1.29, 1.82) is 0 Å². The van der Waals surface area contributed by atoms with Gasteiger partial charge in [-0.2, -0.15) is 0 Å². The number of hydrogen-bond donors (Lipinski definition) is 3. The van der Waals surface area contributed by atoms with Crippen molar-refractivity contribution < 1.29 is 14.3 Å². The van der Waals surface area contributed by atoms with E-state index in [0.717, 1.165) is 18.4 Å². The number of aliphatic hydroxyl groups excluding tert-OH is 1. The van der Waals surface area contributed by atoms with Crippen molar-refractivity contribution >= 4 is 6.03 Å². The van der Waals surface area contributed by atoms with Crippen LogP contribution in [0.1, 0.15) is 31.7 Å². The SMILES string of the molecule is CC(O)CCNC(=O)NCC1(c2cccc(F)c2)CC1. The van der Waals surface area contributed by atoms with Crippen molar-refractivity contribution in [3.05, 3.63) is 35.6 Å². The van der Waals surface area contributed by atoms with Gasteiger partial charge in [-0.3, -0.25) is 0 Å². The minimum absolute atomic E-state index is 0.107. The molecule has 1 atom stereocenters. The Kier molecular flexibility index (Phi) is 4.60. The predicted molar refractivity (Wildman–Crippen MR) is 75.0 cm³/mol. The van der Waals surface area contributed by atoms with Crippen molar-refractivity contribution in [2.45, 2.75) is 37.7 Å². The number of rotatable bonds is 6. The summed E-state index contributed by atoms with van der Waals surface area (Å²) in [7, 11) is 0. The maximum absolute atomic E-state index is 13.2. The molecule has 0 radical (unpaired) electrons. The van der Waals surface area contributed by atoms with Crippen molar-refractivity contribution in [2.24, 2.45) is 0 Å². The monoisotopic (exact) mass is 280 g/mol. The first kappa shape index (κ1) is 14.8. The van der Waals surface area contributed by atoms with E-state index in [1.165, 1.54) is 6.07 Å². The van der Waals surface area contributed by atoms with Crippen LogP contribution in [0.2, 0.25) is 0 Å². The van der Waals surface area contributed by atoms with Crippen LogP contribution in [0.3, 0.4) is 0 Å². The molecule has 0 aromatic heterocycles. The third kappa shape index (κ3) is 3.93. The molecule has 110 valence electrons. The number of benzene rings is 1. The molecule has 1 aliphatic rings. The van der Waals surface area contributed by atoms with Crippen LogP contribution in [0.5, 0.6) is 0 Å². The van der Waals surface area contributed by atoms with Gasteiger partial charge in [0, 0.05) is 18.5 Å². The van der Waals surface area contributed by atoms with Gasteiger partial charge in [-0.1, -0.05) is 12.1 Å². The van der Waals surface area contributed by atoms with Gasteiger partial charge in [-0.05, 0) is 43.9 Å². The molecule has 1 fully saturated rings. The van der Waals surface area contributed by atoms with Gasteiger partial charge >= 0.3 is 6.03 Å². The van der Waals surface area contributed by atoms with Gasteiger partial charge in [0.15, 0.2) is 0 Å². The Hall–Kier alpha value is -1.62. The highest BCUT2D eigenvalue weighted by atomic mass is 19.1. The normalized spacial score (nSPS) is 17.4. The van der Waals surface area contributed by atoms with E-state index in [9.17, 15) is 9.18 Å². The summed E-state index contributed by atoms with van der Waals surface area (Å²) in [6.45, 7) is 2.64. The van der Waals surface area contributed by atoms with E-state index in [0.29, 0.717) is 19.5 Å². The third-order valence-corrected chi connectivity index (χ3v) is 3.73. The van der Waals surface area contributed by atoms with Gasteiger partial charge < -0.3 is 15.7 Å². The number of urea groups is 1.